The number of carbonyl (C=O) groups is 7. The predicted molar refractivity (Wildman–Crippen MR) is 317 cm³/mol. The fraction of sp³-hybridized carbons (Fsp3) is 0.262. The number of carbonyl (C=O) groups excluding carboxylic acids is 5. The van der Waals surface area contributed by atoms with Crippen molar-refractivity contribution in [3.63, 3.8) is 0 Å². The van der Waals surface area contributed by atoms with E-state index in [0.29, 0.717) is 65.9 Å². The number of esters is 3. The summed E-state index contributed by atoms with van der Waals surface area (Å²) >= 11 is 0. The maximum atomic E-state index is 12.3. The maximum Gasteiger partial charge on any atom is 0.490 e. The molecule has 6 aromatic carbocycles. The lowest BCUT2D eigenvalue weighted by atomic mass is 10.1. The Labute approximate surface area is 488 Å². The lowest BCUT2D eigenvalue weighted by molar-refractivity contribution is -0.192. The maximum absolute atomic E-state index is 12.3. The zero-order valence-electron chi connectivity index (χ0n) is 46.9. The molecule has 0 bridgehead atoms. The van der Waals surface area contributed by atoms with E-state index in [-0.39, 0.29) is 29.7 Å². The van der Waals surface area contributed by atoms with Crippen LogP contribution in [0.3, 0.4) is 0 Å². The first-order valence-corrected chi connectivity index (χ1v) is 26.8. The minimum atomic E-state index is -5.08. The van der Waals surface area contributed by atoms with E-state index in [1.807, 2.05) is 84.9 Å². The van der Waals surface area contributed by atoms with Crippen LogP contribution < -0.4 is 55.5 Å². The topological polar surface area (TPSA) is 261 Å². The second kappa shape index (κ2) is 31.5. The number of hydrogen-bond acceptors (Lipinski definition) is 16. The number of aliphatic carboxylic acids is 1. The fourth-order valence-electron chi connectivity index (χ4n) is 8.49. The van der Waals surface area contributed by atoms with Crippen molar-refractivity contribution in [2.45, 2.75) is 26.9 Å². The van der Waals surface area contributed by atoms with Gasteiger partial charge in [0.15, 0.2) is 0 Å². The van der Waals surface area contributed by atoms with E-state index in [2.05, 4.69) is 47.9 Å². The average Bonchev–Trinajstić information content (AvgIpc) is 3.69. The monoisotopic (exact) mass is 1170 g/mol. The number of hydrogen-bond donors (Lipinski definition) is 7. The number of benzene rings is 6. The molecule has 3 saturated heterocycles. The smallest absolute Gasteiger partial charge is 0.475 e. The molecule has 85 heavy (non-hydrogen) atoms. The number of halogens is 3. The van der Waals surface area contributed by atoms with E-state index < -0.39 is 18.2 Å². The molecule has 0 radical (unpaired) electrons. The van der Waals surface area contributed by atoms with Crippen LogP contribution in [0.25, 0.3) is 5.70 Å². The number of rotatable bonds is 13. The summed E-state index contributed by atoms with van der Waals surface area (Å²) in [5.41, 5.74) is 8.36. The number of alkyl halides is 3. The first kappa shape index (κ1) is 64.2. The van der Waals surface area contributed by atoms with Gasteiger partial charge in [0.05, 0.1) is 0 Å². The largest absolute Gasteiger partial charge is 0.490 e. The molecule has 3 amide bonds. The van der Waals surface area contributed by atoms with Crippen LogP contribution in [0.15, 0.2) is 152 Å². The Hall–Kier alpha value is -9.94. The minimum absolute atomic E-state index is 0.174. The summed E-state index contributed by atoms with van der Waals surface area (Å²) < 4.78 is 46.7. The van der Waals surface area contributed by atoms with Crippen molar-refractivity contribution in [1.29, 1.82) is 0 Å². The van der Waals surface area contributed by atoms with E-state index in [0.717, 1.165) is 86.4 Å². The third kappa shape index (κ3) is 21.4. The highest BCUT2D eigenvalue weighted by Crippen LogP contribution is 2.25. The summed E-state index contributed by atoms with van der Waals surface area (Å²) in [5.74, 6) is -2.81. The number of piperazine rings is 3. The number of nitrogens with zero attached hydrogens (tertiary/aromatic N) is 4. The molecule has 0 saturated carbocycles. The molecule has 0 atom stereocenters. The summed E-state index contributed by atoms with van der Waals surface area (Å²) in [5, 5.41) is 31.7. The first-order chi connectivity index (χ1) is 40.6. The highest BCUT2D eigenvalue weighted by Gasteiger charge is 2.38. The molecule has 3 heterocycles. The van der Waals surface area contributed by atoms with E-state index >= 15 is 0 Å². The zero-order valence-corrected chi connectivity index (χ0v) is 46.9. The predicted octanol–water partition coefficient (Wildman–Crippen LogP) is 8.68. The number of carboxylic acids is 1. The van der Waals surface area contributed by atoms with Crippen LogP contribution in [0, 0.1) is 0 Å². The van der Waals surface area contributed by atoms with Gasteiger partial charge in [-0.25, -0.2) is 9.59 Å². The number of amides is 3. The van der Waals surface area contributed by atoms with E-state index in [1.165, 1.54) is 25.7 Å². The lowest BCUT2D eigenvalue weighted by Gasteiger charge is -2.34. The quantitative estimate of drug-likeness (QED) is 0.0421. The van der Waals surface area contributed by atoms with Gasteiger partial charge in [0, 0.05) is 150 Å². The lowest BCUT2D eigenvalue weighted by Crippen LogP contribution is -2.48. The van der Waals surface area contributed by atoms with Crippen LogP contribution in [0.5, 0.6) is 17.2 Å². The van der Waals surface area contributed by atoms with Gasteiger partial charge in [0.25, 0.3) is 11.8 Å². The third-order valence-electron chi connectivity index (χ3n) is 12.8. The summed E-state index contributed by atoms with van der Waals surface area (Å²) in [6.07, 6.45) is -5.95. The number of ether oxygens (including phenoxy) is 3. The molecule has 0 aliphatic carbocycles. The van der Waals surface area contributed by atoms with Gasteiger partial charge in [0.2, 0.25) is 0 Å². The molecule has 21 nitrogen and oxygen atoms in total. The molecule has 448 valence electrons. The summed E-state index contributed by atoms with van der Waals surface area (Å²) in [6.45, 7) is 18.3. The van der Waals surface area contributed by atoms with Gasteiger partial charge in [-0.3, -0.25) is 24.0 Å². The highest BCUT2D eigenvalue weighted by molar-refractivity contribution is 6.05. The van der Waals surface area contributed by atoms with E-state index in [1.54, 1.807) is 60.7 Å². The minimum Gasteiger partial charge on any atom is -0.475 e. The molecule has 3 aliphatic heterocycles. The van der Waals surface area contributed by atoms with Crippen molar-refractivity contribution in [2.24, 2.45) is 0 Å². The second-order valence-electron chi connectivity index (χ2n) is 19.0. The van der Waals surface area contributed by atoms with Crippen LogP contribution in [0.1, 0.15) is 47.1 Å². The Balaban J connectivity index is 0.000000193. The Bertz CT molecular complexity index is 3070. The van der Waals surface area contributed by atoms with Crippen LogP contribution in [-0.2, 0) is 19.2 Å². The summed E-state index contributed by atoms with van der Waals surface area (Å²) in [6, 6.07) is 43.7. The highest BCUT2D eigenvalue weighted by atomic mass is 19.4. The van der Waals surface area contributed by atoms with Crippen molar-refractivity contribution in [2.75, 3.05) is 109 Å². The molecular weight excluding hydrogens is 1110 g/mol. The van der Waals surface area contributed by atoms with Crippen LogP contribution >= 0.6 is 0 Å². The Morgan fingerprint density at radius 1 is 0.435 bits per heavy atom. The van der Waals surface area contributed by atoms with Crippen LogP contribution in [-0.4, -0.2) is 142 Å². The summed E-state index contributed by atoms with van der Waals surface area (Å²) in [4.78, 5) is 85.6. The first-order valence-electron chi connectivity index (χ1n) is 26.8. The normalized spacial score (nSPS) is 13.7. The van der Waals surface area contributed by atoms with Gasteiger partial charge in [0.1, 0.15) is 17.2 Å². The standard InChI is InChI=1S/C21H23N3O4.2C19H21N3O3.C2HF3O2/c1-15(22-18-5-9-20(10-6-18)28-16(2)25)17-3-7-19(8-4-17)23-11-13-24(14-12-23)21(26)27;2*1-14(23)25-18-8-4-16(5-9-18)21-19(24)15-2-6-17(7-3-15)22-12-10-20-11-13-22;3-2(4,5)1(6)7/h3-10,22H,1,11-14H2,2H3,(H,26,27);2*2-9,20H,10-13H2,1H3,(H,21,24);(H,6,7). The third-order valence-corrected chi connectivity index (χ3v) is 12.8. The molecule has 3 fully saturated rings. The van der Waals surface area contributed by atoms with E-state index in [4.69, 9.17) is 29.2 Å². The molecule has 0 unspecified atom stereocenters. The second-order valence-corrected chi connectivity index (χ2v) is 19.0. The molecule has 0 spiro atoms. The van der Waals surface area contributed by atoms with Gasteiger partial charge in [-0.05, 0) is 139 Å². The molecule has 3 aliphatic rings. The molecule has 0 aromatic heterocycles. The number of nitrogens with one attached hydrogen (secondary N) is 5. The van der Waals surface area contributed by atoms with E-state index in [9.17, 15) is 41.9 Å². The molecule has 6 aromatic rings. The van der Waals surface area contributed by atoms with Gasteiger partial charge in [-0.2, -0.15) is 13.2 Å². The fourth-order valence-corrected chi connectivity index (χ4v) is 8.49. The Kier molecular flexibility index (Phi) is 23.8. The van der Waals surface area contributed by atoms with Crippen molar-refractivity contribution in [3.05, 3.63) is 169 Å². The van der Waals surface area contributed by atoms with Crippen LogP contribution in [0.4, 0.5) is 52.1 Å². The van der Waals surface area contributed by atoms with Crippen molar-refractivity contribution in [3.8, 4) is 17.2 Å². The van der Waals surface area contributed by atoms with Gasteiger partial charge in [-0.15, -0.1) is 0 Å². The summed E-state index contributed by atoms with van der Waals surface area (Å²) in [7, 11) is 0. The van der Waals surface area contributed by atoms with Crippen LogP contribution in [0.2, 0.25) is 0 Å². The molecular formula is C61H66F3N9O12. The number of anilines is 6. The molecule has 9 rings (SSSR count). The Morgan fingerprint density at radius 3 is 1.00 bits per heavy atom. The Morgan fingerprint density at radius 2 is 0.718 bits per heavy atom. The SMILES string of the molecule is C=C(Nc1ccc(OC(C)=O)cc1)c1ccc(N2CCN(C(=O)O)CC2)cc1.CC(=O)Oc1ccc(NC(=O)c2ccc(N3CCNCC3)cc2)cc1.CC(=O)Oc1ccc(NC(=O)c2ccc(N3CCNCC3)cc2)cc1.O=C(O)C(F)(F)F. The zero-order chi connectivity index (χ0) is 61.5. The number of carboxylic acid groups (broad SMARTS) is 2. The van der Waals surface area contributed by atoms with Gasteiger partial charge in [-0.1, -0.05) is 18.7 Å². The van der Waals surface area contributed by atoms with Gasteiger partial charge < -0.3 is 70.6 Å². The molecule has 7 N–H and O–H groups in total. The van der Waals surface area contributed by atoms with Crippen molar-refractivity contribution in [1.82, 2.24) is 15.5 Å². The molecule has 24 heteroatoms. The van der Waals surface area contributed by atoms with Crippen molar-refractivity contribution < 1.29 is 71.2 Å². The van der Waals surface area contributed by atoms with Gasteiger partial charge >= 0.3 is 36.1 Å². The average molecular weight is 1170 g/mol. The van der Waals surface area contributed by atoms with Crippen molar-refractivity contribution >= 4 is 81.6 Å².